The van der Waals surface area contributed by atoms with Crippen molar-refractivity contribution in [1.29, 1.82) is 0 Å². The number of rotatable bonds is 10. The van der Waals surface area contributed by atoms with Crippen molar-refractivity contribution in [3.8, 4) is 5.75 Å². The minimum Gasteiger partial charge on any atom is -0.489 e. The Kier molecular flexibility index (Phi) is 8.03. The van der Waals surface area contributed by atoms with E-state index in [0.29, 0.717) is 24.0 Å². The molecule has 4 rings (SSSR count). The zero-order chi connectivity index (χ0) is 23.6. The fourth-order valence-corrected chi connectivity index (χ4v) is 3.99. The Morgan fingerprint density at radius 2 is 1.44 bits per heavy atom. The van der Waals surface area contributed by atoms with Crippen LogP contribution in [0, 0.1) is 0 Å². The molecule has 0 aliphatic heterocycles. The number of thiazole rings is 1. The lowest BCUT2D eigenvalue weighted by Gasteiger charge is -2.08. The van der Waals surface area contributed by atoms with Crippen LogP contribution in [0.2, 0.25) is 0 Å². The van der Waals surface area contributed by atoms with Gasteiger partial charge in [0.25, 0.3) is 0 Å². The first-order chi connectivity index (χ1) is 16.6. The normalized spacial score (nSPS) is 10.5. The van der Waals surface area contributed by atoms with Gasteiger partial charge in [-0.1, -0.05) is 72.8 Å². The molecule has 0 aliphatic rings. The Hall–Kier alpha value is -3.97. The first kappa shape index (κ1) is 23.2. The average molecular weight is 472 g/mol. The van der Waals surface area contributed by atoms with Crippen molar-refractivity contribution in [3.63, 3.8) is 0 Å². The molecule has 0 aliphatic carbocycles. The minimum atomic E-state index is -0.132. The summed E-state index contributed by atoms with van der Waals surface area (Å²) in [5.74, 6) is 0.521. The number of hydrogen-bond acceptors (Lipinski definition) is 5. The Labute approximate surface area is 202 Å². The molecular weight excluding hydrogens is 446 g/mol. The average Bonchev–Trinajstić information content (AvgIpc) is 3.29. The number of nitrogens with zero attached hydrogens (tertiary/aromatic N) is 1. The van der Waals surface area contributed by atoms with E-state index in [1.807, 2.05) is 84.9 Å². The number of carbonyl (C=O) groups is 2. The van der Waals surface area contributed by atoms with Gasteiger partial charge in [0.05, 0.1) is 18.5 Å². The summed E-state index contributed by atoms with van der Waals surface area (Å²) in [4.78, 5) is 28.9. The lowest BCUT2D eigenvalue weighted by atomic mass is 10.1. The molecule has 6 nitrogen and oxygen atoms in total. The molecule has 1 aromatic heterocycles. The standard InChI is InChI=1S/C27H25N3O3S/c31-25(16-23-19-34-27(29-23)30-26(32)15-20-7-3-1-4-8-20)28-17-21-11-13-24(14-12-21)33-18-22-9-5-2-6-10-22/h1-14,19H,15-18H2,(H,28,31)(H,29,30,32). The summed E-state index contributed by atoms with van der Waals surface area (Å²) in [6, 6.07) is 27.2. The molecule has 0 bridgehead atoms. The van der Waals surface area contributed by atoms with Crippen molar-refractivity contribution in [1.82, 2.24) is 10.3 Å². The van der Waals surface area contributed by atoms with Crippen molar-refractivity contribution >= 4 is 28.3 Å². The topological polar surface area (TPSA) is 80.3 Å². The Bertz CT molecular complexity index is 1210. The third-order valence-electron chi connectivity index (χ3n) is 5.01. The summed E-state index contributed by atoms with van der Waals surface area (Å²) >= 11 is 1.31. The molecular formula is C27H25N3O3S. The monoisotopic (exact) mass is 471 g/mol. The Morgan fingerprint density at radius 1 is 0.765 bits per heavy atom. The summed E-state index contributed by atoms with van der Waals surface area (Å²) in [5.41, 5.74) is 3.65. The molecule has 172 valence electrons. The molecule has 2 amide bonds. The van der Waals surface area contributed by atoms with Gasteiger partial charge in [0.1, 0.15) is 12.4 Å². The molecule has 4 aromatic rings. The van der Waals surface area contributed by atoms with Crippen LogP contribution < -0.4 is 15.4 Å². The van der Waals surface area contributed by atoms with Crippen LogP contribution in [0.25, 0.3) is 0 Å². The molecule has 0 spiro atoms. The second kappa shape index (κ2) is 11.8. The zero-order valence-electron chi connectivity index (χ0n) is 18.6. The Balaban J connectivity index is 1.19. The number of carbonyl (C=O) groups excluding carboxylic acids is 2. The van der Waals surface area contributed by atoms with Gasteiger partial charge >= 0.3 is 0 Å². The van der Waals surface area contributed by atoms with Crippen molar-refractivity contribution in [2.24, 2.45) is 0 Å². The molecule has 34 heavy (non-hydrogen) atoms. The maximum absolute atomic E-state index is 12.3. The Morgan fingerprint density at radius 3 is 2.15 bits per heavy atom. The van der Waals surface area contributed by atoms with Crippen LogP contribution >= 0.6 is 11.3 Å². The summed E-state index contributed by atoms with van der Waals surface area (Å²) in [7, 11) is 0. The van der Waals surface area contributed by atoms with E-state index in [1.165, 1.54) is 11.3 Å². The highest BCUT2D eigenvalue weighted by Crippen LogP contribution is 2.17. The summed E-state index contributed by atoms with van der Waals surface area (Å²) in [5, 5.41) is 7.98. The molecule has 0 saturated carbocycles. The highest BCUT2D eigenvalue weighted by molar-refractivity contribution is 7.13. The van der Waals surface area contributed by atoms with Crippen LogP contribution in [0.15, 0.2) is 90.3 Å². The summed E-state index contributed by atoms with van der Waals surface area (Å²) in [6.45, 7) is 0.932. The molecule has 7 heteroatoms. The first-order valence-electron chi connectivity index (χ1n) is 10.9. The molecule has 0 atom stereocenters. The van der Waals surface area contributed by atoms with Gasteiger partial charge in [0.15, 0.2) is 5.13 Å². The van der Waals surface area contributed by atoms with Crippen molar-refractivity contribution in [3.05, 3.63) is 113 Å². The van der Waals surface area contributed by atoms with Crippen LogP contribution in [0.1, 0.15) is 22.4 Å². The van der Waals surface area contributed by atoms with Crippen molar-refractivity contribution in [2.45, 2.75) is 26.0 Å². The van der Waals surface area contributed by atoms with E-state index >= 15 is 0 Å². The van der Waals surface area contributed by atoms with Gasteiger partial charge in [-0.2, -0.15) is 0 Å². The smallest absolute Gasteiger partial charge is 0.230 e. The molecule has 0 unspecified atom stereocenters. The molecule has 0 radical (unpaired) electrons. The van der Waals surface area contributed by atoms with Gasteiger partial charge in [-0.25, -0.2) is 4.98 Å². The van der Waals surface area contributed by atoms with E-state index in [0.717, 1.165) is 22.4 Å². The quantitative estimate of drug-likeness (QED) is 0.349. The number of hydrogen-bond donors (Lipinski definition) is 2. The van der Waals surface area contributed by atoms with E-state index in [-0.39, 0.29) is 24.7 Å². The fourth-order valence-electron chi connectivity index (χ4n) is 3.26. The van der Waals surface area contributed by atoms with E-state index in [1.54, 1.807) is 5.38 Å². The minimum absolute atomic E-state index is 0.128. The van der Waals surface area contributed by atoms with Gasteiger partial charge in [-0.15, -0.1) is 11.3 Å². The molecule has 0 fully saturated rings. The highest BCUT2D eigenvalue weighted by atomic mass is 32.1. The zero-order valence-corrected chi connectivity index (χ0v) is 19.4. The maximum Gasteiger partial charge on any atom is 0.230 e. The second-order valence-electron chi connectivity index (χ2n) is 7.73. The van der Waals surface area contributed by atoms with Crippen molar-refractivity contribution < 1.29 is 14.3 Å². The number of anilines is 1. The van der Waals surface area contributed by atoms with Crippen LogP contribution in [-0.4, -0.2) is 16.8 Å². The van der Waals surface area contributed by atoms with Crippen LogP contribution in [0.5, 0.6) is 5.75 Å². The number of nitrogens with one attached hydrogen (secondary N) is 2. The predicted octanol–water partition coefficient (Wildman–Crippen LogP) is 4.76. The largest absolute Gasteiger partial charge is 0.489 e. The van der Waals surface area contributed by atoms with Gasteiger partial charge in [0, 0.05) is 11.9 Å². The second-order valence-corrected chi connectivity index (χ2v) is 8.58. The van der Waals surface area contributed by atoms with E-state index < -0.39 is 0 Å². The van der Waals surface area contributed by atoms with Gasteiger partial charge in [-0.3, -0.25) is 9.59 Å². The lowest BCUT2D eigenvalue weighted by molar-refractivity contribution is -0.120. The first-order valence-corrected chi connectivity index (χ1v) is 11.8. The third-order valence-corrected chi connectivity index (χ3v) is 5.82. The van der Waals surface area contributed by atoms with E-state index in [2.05, 4.69) is 15.6 Å². The van der Waals surface area contributed by atoms with Gasteiger partial charge < -0.3 is 15.4 Å². The third kappa shape index (κ3) is 7.28. The highest BCUT2D eigenvalue weighted by Gasteiger charge is 2.10. The molecule has 3 aromatic carbocycles. The lowest BCUT2D eigenvalue weighted by Crippen LogP contribution is -2.24. The maximum atomic E-state index is 12.3. The number of aromatic nitrogens is 1. The van der Waals surface area contributed by atoms with E-state index in [9.17, 15) is 9.59 Å². The number of amides is 2. The molecule has 2 N–H and O–H groups in total. The molecule has 0 saturated heterocycles. The van der Waals surface area contributed by atoms with Gasteiger partial charge in [0.2, 0.25) is 11.8 Å². The predicted molar refractivity (Wildman–Crippen MR) is 134 cm³/mol. The van der Waals surface area contributed by atoms with Gasteiger partial charge in [-0.05, 0) is 28.8 Å². The van der Waals surface area contributed by atoms with Crippen LogP contribution in [0.3, 0.4) is 0 Å². The summed E-state index contributed by atoms with van der Waals surface area (Å²) in [6.07, 6.45) is 0.440. The van der Waals surface area contributed by atoms with Crippen molar-refractivity contribution in [2.75, 3.05) is 5.32 Å². The van der Waals surface area contributed by atoms with Crippen LogP contribution in [-0.2, 0) is 35.6 Å². The summed E-state index contributed by atoms with van der Waals surface area (Å²) < 4.78 is 5.79. The number of ether oxygens (including phenoxy) is 1. The SMILES string of the molecule is O=C(Cc1csc(NC(=O)Cc2ccccc2)n1)NCc1ccc(OCc2ccccc2)cc1. The molecule has 1 heterocycles. The van der Waals surface area contributed by atoms with Crippen LogP contribution in [0.4, 0.5) is 5.13 Å². The van der Waals surface area contributed by atoms with E-state index in [4.69, 9.17) is 4.74 Å². The fraction of sp³-hybridized carbons (Fsp3) is 0.148. The number of benzene rings is 3.